The molecule has 4 nitrogen and oxygen atoms in total. The molecule has 1 aromatic carbocycles. The molecule has 1 saturated heterocycles. The topological polar surface area (TPSA) is 38.1 Å². The van der Waals surface area contributed by atoms with Gasteiger partial charge in [-0.25, -0.2) is 4.98 Å². The van der Waals surface area contributed by atoms with Gasteiger partial charge < -0.3 is 9.47 Å². The molecule has 0 spiro atoms. The van der Waals surface area contributed by atoms with Crippen molar-refractivity contribution in [2.45, 2.75) is 24.4 Å². The Labute approximate surface area is 123 Å². The van der Waals surface area contributed by atoms with Crippen LogP contribution in [0.2, 0.25) is 0 Å². The normalized spacial score (nSPS) is 20.4. The van der Waals surface area contributed by atoms with Gasteiger partial charge in [0.05, 0.1) is 17.7 Å². The van der Waals surface area contributed by atoms with Gasteiger partial charge in [-0.2, -0.15) is 0 Å². The van der Waals surface area contributed by atoms with E-state index in [2.05, 4.69) is 17.1 Å². The van der Waals surface area contributed by atoms with E-state index in [1.165, 1.54) is 0 Å². The highest BCUT2D eigenvalue weighted by Gasteiger charge is 2.34. The molecule has 1 aliphatic heterocycles. The van der Waals surface area contributed by atoms with Crippen molar-refractivity contribution in [3.63, 3.8) is 0 Å². The van der Waals surface area contributed by atoms with E-state index in [9.17, 15) is 4.79 Å². The van der Waals surface area contributed by atoms with Crippen LogP contribution in [-0.2, 0) is 11.3 Å². The van der Waals surface area contributed by atoms with Crippen molar-refractivity contribution in [3.8, 4) is 0 Å². The highest BCUT2D eigenvalue weighted by Crippen LogP contribution is 2.29. The molecule has 0 N–H and O–H groups in total. The van der Waals surface area contributed by atoms with Crippen LogP contribution in [0.1, 0.15) is 18.0 Å². The smallest absolute Gasteiger partial charge is 0.224 e. The lowest BCUT2D eigenvalue weighted by Crippen LogP contribution is -2.33. The molecule has 0 radical (unpaired) electrons. The summed E-state index contributed by atoms with van der Waals surface area (Å²) in [5.41, 5.74) is 1.13. The fourth-order valence-corrected chi connectivity index (χ4v) is 2.92. The Morgan fingerprint density at radius 2 is 2.15 bits per heavy atom. The molecular formula is C15H16ClN3O. The van der Waals surface area contributed by atoms with Crippen molar-refractivity contribution in [3.05, 3.63) is 54.6 Å². The van der Waals surface area contributed by atoms with Gasteiger partial charge in [0.25, 0.3) is 0 Å². The first-order valence-corrected chi connectivity index (χ1v) is 7.12. The van der Waals surface area contributed by atoms with Crippen LogP contribution in [0.4, 0.5) is 0 Å². The molecule has 2 unspecified atom stereocenters. The van der Waals surface area contributed by atoms with Crippen LogP contribution >= 0.6 is 11.6 Å². The van der Waals surface area contributed by atoms with E-state index in [4.69, 9.17) is 11.6 Å². The van der Waals surface area contributed by atoms with E-state index in [1.807, 2.05) is 33.9 Å². The molecule has 104 valence electrons. The number of benzene rings is 1. The SMILES string of the molecule is O=C1CC(Cl)CN1C(Cn1ccnc1)c1ccccc1. The number of likely N-dealkylation sites (tertiary alicyclic amines) is 1. The van der Waals surface area contributed by atoms with Crippen molar-refractivity contribution in [1.82, 2.24) is 14.5 Å². The minimum atomic E-state index is -0.0866. The third-order valence-corrected chi connectivity index (χ3v) is 3.91. The van der Waals surface area contributed by atoms with Crippen molar-refractivity contribution >= 4 is 17.5 Å². The molecule has 20 heavy (non-hydrogen) atoms. The highest BCUT2D eigenvalue weighted by atomic mass is 35.5. The van der Waals surface area contributed by atoms with Crippen LogP contribution in [-0.4, -0.2) is 32.3 Å². The number of aromatic nitrogens is 2. The lowest BCUT2D eigenvalue weighted by molar-refractivity contribution is -0.130. The fraction of sp³-hybridized carbons (Fsp3) is 0.333. The molecule has 1 aromatic heterocycles. The predicted octanol–water partition coefficient (Wildman–Crippen LogP) is 2.46. The zero-order chi connectivity index (χ0) is 13.9. The molecule has 2 aromatic rings. The van der Waals surface area contributed by atoms with Crippen LogP contribution in [0.25, 0.3) is 0 Å². The van der Waals surface area contributed by atoms with Crippen molar-refractivity contribution in [2.75, 3.05) is 6.54 Å². The van der Waals surface area contributed by atoms with Gasteiger partial charge >= 0.3 is 0 Å². The average Bonchev–Trinajstić information content (AvgIpc) is 3.07. The van der Waals surface area contributed by atoms with Gasteiger partial charge in [0.15, 0.2) is 0 Å². The maximum atomic E-state index is 12.1. The molecule has 0 aliphatic carbocycles. The molecule has 1 amide bonds. The van der Waals surface area contributed by atoms with Gasteiger partial charge in [0.2, 0.25) is 5.91 Å². The first kappa shape index (κ1) is 13.2. The monoisotopic (exact) mass is 289 g/mol. The number of halogens is 1. The standard InChI is InChI=1S/C15H16ClN3O/c16-13-8-15(20)19(9-13)14(10-18-7-6-17-11-18)12-4-2-1-3-5-12/h1-7,11,13-14H,8-10H2. The number of hydrogen-bond donors (Lipinski definition) is 0. The fourth-order valence-electron chi connectivity index (χ4n) is 2.64. The summed E-state index contributed by atoms with van der Waals surface area (Å²) in [6.45, 7) is 1.30. The maximum Gasteiger partial charge on any atom is 0.224 e. The predicted molar refractivity (Wildman–Crippen MR) is 77.4 cm³/mol. The van der Waals surface area contributed by atoms with Gasteiger partial charge in [-0.05, 0) is 5.56 Å². The Morgan fingerprint density at radius 1 is 1.35 bits per heavy atom. The number of nitrogens with zero attached hydrogens (tertiary/aromatic N) is 3. The Balaban J connectivity index is 1.89. The van der Waals surface area contributed by atoms with Gasteiger partial charge in [0.1, 0.15) is 0 Å². The van der Waals surface area contributed by atoms with E-state index in [0.29, 0.717) is 19.5 Å². The molecule has 0 saturated carbocycles. The summed E-state index contributed by atoms with van der Waals surface area (Å²) in [5, 5.41) is -0.0866. The number of alkyl halides is 1. The summed E-state index contributed by atoms with van der Waals surface area (Å²) in [4.78, 5) is 18.1. The van der Waals surface area contributed by atoms with Crippen LogP contribution in [0, 0.1) is 0 Å². The number of hydrogen-bond acceptors (Lipinski definition) is 2. The summed E-state index contributed by atoms with van der Waals surface area (Å²) in [5.74, 6) is 0.124. The Morgan fingerprint density at radius 3 is 2.75 bits per heavy atom. The minimum absolute atomic E-state index is 0.00153. The molecule has 1 aliphatic rings. The number of rotatable bonds is 4. The number of carbonyl (C=O) groups is 1. The van der Waals surface area contributed by atoms with E-state index in [0.717, 1.165) is 5.56 Å². The molecule has 1 fully saturated rings. The quantitative estimate of drug-likeness (QED) is 0.811. The maximum absolute atomic E-state index is 12.1. The molecule has 2 atom stereocenters. The van der Waals surface area contributed by atoms with Gasteiger partial charge in [-0.15, -0.1) is 11.6 Å². The Kier molecular flexibility index (Phi) is 3.74. The van der Waals surface area contributed by atoms with Crippen molar-refractivity contribution in [1.29, 1.82) is 0 Å². The van der Waals surface area contributed by atoms with Crippen LogP contribution < -0.4 is 0 Å². The molecular weight excluding hydrogens is 274 g/mol. The second-order valence-electron chi connectivity index (χ2n) is 5.03. The highest BCUT2D eigenvalue weighted by molar-refractivity contribution is 6.22. The zero-order valence-corrected chi connectivity index (χ0v) is 11.8. The minimum Gasteiger partial charge on any atom is -0.335 e. The molecule has 3 rings (SSSR count). The average molecular weight is 290 g/mol. The first-order chi connectivity index (χ1) is 9.74. The summed E-state index contributed by atoms with van der Waals surface area (Å²) >= 11 is 6.13. The van der Waals surface area contributed by atoms with E-state index in [1.54, 1.807) is 12.5 Å². The lowest BCUT2D eigenvalue weighted by Gasteiger charge is -2.28. The van der Waals surface area contributed by atoms with Crippen LogP contribution in [0.3, 0.4) is 0 Å². The van der Waals surface area contributed by atoms with Gasteiger partial charge in [-0.3, -0.25) is 4.79 Å². The second-order valence-corrected chi connectivity index (χ2v) is 5.65. The van der Waals surface area contributed by atoms with Crippen molar-refractivity contribution < 1.29 is 4.79 Å². The summed E-state index contributed by atoms with van der Waals surface area (Å²) < 4.78 is 1.99. The molecule has 5 heteroatoms. The van der Waals surface area contributed by atoms with Crippen LogP contribution in [0.5, 0.6) is 0 Å². The third kappa shape index (κ3) is 2.70. The van der Waals surface area contributed by atoms with E-state index < -0.39 is 0 Å². The van der Waals surface area contributed by atoms with Gasteiger partial charge in [0, 0.05) is 31.9 Å². The Hall–Kier alpha value is -1.81. The summed E-state index contributed by atoms with van der Waals surface area (Å²) in [6, 6.07) is 10.1. The van der Waals surface area contributed by atoms with Crippen LogP contribution in [0.15, 0.2) is 49.1 Å². The van der Waals surface area contributed by atoms with E-state index >= 15 is 0 Å². The van der Waals surface area contributed by atoms with Gasteiger partial charge in [-0.1, -0.05) is 30.3 Å². The second kappa shape index (κ2) is 5.67. The number of carbonyl (C=O) groups excluding carboxylic acids is 1. The number of amides is 1. The largest absolute Gasteiger partial charge is 0.335 e. The first-order valence-electron chi connectivity index (χ1n) is 6.68. The van der Waals surface area contributed by atoms with Crippen molar-refractivity contribution in [2.24, 2.45) is 0 Å². The zero-order valence-electron chi connectivity index (χ0n) is 11.0. The Bertz CT molecular complexity index is 570. The molecule has 0 bridgehead atoms. The lowest BCUT2D eigenvalue weighted by atomic mass is 10.1. The summed E-state index contributed by atoms with van der Waals surface area (Å²) in [6.07, 6.45) is 5.86. The van der Waals surface area contributed by atoms with E-state index in [-0.39, 0.29) is 17.3 Å². The third-order valence-electron chi connectivity index (χ3n) is 3.61. The molecule has 2 heterocycles. The number of imidazole rings is 1. The summed E-state index contributed by atoms with van der Waals surface area (Å²) in [7, 11) is 0.